The number of thioether (sulfide) groups is 1. The number of hydrogen-bond donors (Lipinski definition) is 1. The van der Waals surface area contributed by atoms with Gasteiger partial charge in [-0.25, -0.2) is 13.2 Å². The molecule has 0 saturated carbocycles. The normalized spacial score (nSPS) is 12.0. The van der Waals surface area contributed by atoms with Crippen molar-refractivity contribution in [3.8, 4) is 11.5 Å². The molecule has 0 saturated heterocycles. The SMILES string of the molecule is C[C@H](Sc1nnc(-c2ccc(F)cc2)o1)C(=O)Nc1c(F)cccc1F. The summed E-state index contributed by atoms with van der Waals surface area (Å²) in [5, 5.41) is 9.18. The van der Waals surface area contributed by atoms with Crippen LogP contribution in [0.15, 0.2) is 52.1 Å². The Morgan fingerprint density at radius 1 is 1.08 bits per heavy atom. The summed E-state index contributed by atoms with van der Waals surface area (Å²) in [6, 6.07) is 8.76. The van der Waals surface area contributed by atoms with Gasteiger partial charge in [-0.3, -0.25) is 4.79 Å². The molecule has 0 aliphatic heterocycles. The first kappa shape index (κ1) is 18.0. The number of amides is 1. The molecule has 2 aromatic carbocycles. The van der Waals surface area contributed by atoms with Crippen molar-refractivity contribution in [2.75, 3.05) is 5.32 Å². The number of rotatable bonds is 5. The van der Waals surface area contributed by atoms with Gasteiger partial charge >= 0.3 is 0 Å². The number of anilines is 1. The van der Waals surface area contributed by atoms with Gasteiger partial charge < -0.3 is 9.73 Å². The Kier molecular flexibility index (Phi) is 5.27. The Morgan fingerprint density at radius 2 is 1.73 bits per heavy atom. The van der Waals surface area contributed by atoms with Gasteiger partial charge in [0.1, 0.15) is 23.1 Å². The number of carbonyl (C=O) groups is 1. The summed E-state index contributed by atoms with van der Waals surface area (Å²) in [6.07, 6.45) is 0. The summed E-state index contributed by atoms with van der Waals surface area (Å²) in [6.45, 7) is 1.53. The molecule has 0 fully saturated rings. The van der Waals surface area contributed by atoms with E-state index in [2.05, 4.69) is 15.5 Å². The van der Waals surface area contributed by atoms with Crippen molar-refractivity contribution in [1.82, 2.24) is 10.2 Å². The second-order valence-electron chi connectivity index (χ2n) is 5.23. The fraction of sp³-hybridized carbons (Fsp3) is 0.118. The van der Waals surface area contributed by atoms with Gasteiger partial charge in [0, 0.05) is 5.56 Å². The molecule has 0 aliphatic rings. The lowest BCUT2D eigenvalue weighted by Gasteiger charge is -2.11. The molecule has 3 aromatic rings. The summed E-state index contributed by atoms with van der Waals surface area (Å²) in [5.41, 5.74) is 0.0127. The van der Waals surface area contributed by atoms with Gasteiger partial charge in [0.2, 0.25) is 11.8 Å². The molecule has 1 atom stereocenters. The second kappa shape index (κ2) is 7.61. The van der Waals surface area contributed by atoms with Crippen LogP contribution in [0, 0.1) is 17.5 Å². The smallest absolute Gasteiger partial charge is 0.277 e. The summed E-state index contributed by atoms with van der Waals surface area (Å²) in [7, 11) is 0. The quantitative estimate of drug-likeness (QED) is 0.671. The average Bonchev–Trinajstić information content (AvgIpc) is 3.07. The molecule has 3 rings (SSSR count). The van der Waals surface area contributed by atoms with Crippen molar-refractivity contribution in [3.05, 3.63) is 59.9 Å². The Balaban J connectivity index is 1.67. The first-order valence-electron chi connectivity index (χ1n) is 7.45. The van der Waals surface area contributed by atoms with Crippen LogP contribution in [0.1, 0.15) is 6.92 Å². The van der Waals surface area contributed by atoms with Crippen LogP contribution in [0.5, 0.6) is 0 Å². The number of aromatic nitrogens is 2. The van der Waals surface area contributed by atoms with Crippen molar-refractivity contribution < 1.29 is 22.4 Å². The zero-order chi connectivity index (χ0) is 18.7. The van der Waals surface area contributed by atoms with Gasteiger partial charge in [-0.1, -0.05) is 17.8 Å². The van der Waals surface area contributed by atoms with Crippen LogP contribution in [0.4, 0.5) is 18.9 Å². The third-order valence-corrected chi connectivity index (χ3v) is 4.29. The number of benzene rings is 2. The lowest BCUT2D eigenvalue weighted by Crippen LogP contribution is -2.23. The van der Waals surface area contributed by atoms with Gasteiger partial charge in [-0.15, -0.1) is 10.2 Å². The average molecular weight is 379 g/mol. The molecular weight excluding hydrogens is 367 g/mol. The highest BCUT2D eigenvalue weighted by molar-refractivity contribution is 8.00. The van der Waals surface area contributed by atoms with Crippen molar-refractivity contribution in [2.24, 2.45) is 0 Å². The molecule has 0 bridgehead atoms. The summed E-state index contributed by atoms with van der Waals surface area (Å²) in [5.74, 6) is -2.59. The van der Waals surface area contributed by atoms with Crippen LogP contribution in [0.2, 0.25) is 0 Å². The van der Waals surface area contributed by atoms with Crippen molar-refractivity contribution in [2.45, 2.75) is 17.4 Å². The number of nitrogens with one attached hydrogen (secondary N) is 1. The van der Waals surface area contributed by atoms with E-state index >= 15 is 0 Å². The molecule has 5 nitrogen and oxygen atoms in total. The summed E-state index contributed by atoms with van der Waals surface area (Å²) < 4.78 is 45.5. The van der Waals surface area contributed by atoms with E-state index in [-0.39, 0.29) is 11.1 Å². The summed E-state index contributed by atoms with van der Waals surface area (Å²) >= 11 is 0.930. The molecule has 0 spiro atoms. The first-order chi connectivity index (χ1) is 12.4. The molecular formula is C17H12F3N3O2S. The van der Waals surface area contributed by atoms with Crippen LogP contribution < -0.4 is 5.32 Å². The third-order valence-electron chi connectivity index (χ3n) is 3.36. The van der Waals surface area contributed by atoms with Crippen molar-refractivity contribution in [1.29, 1.82) is 0 Å². The predicted molar refractivity (Wildman–Crippen MR) is 90.0 cm³/mol. The highest BCUT2D eigenvalue weighted by Crippen LogP contribution is 2.27. The van der Waals surface area contributed by atoms with E-state index in [0.717, 1.165) is 23.9 Å². The Morgan fingerprint density at radius 3 is 2.38 bits per heavy atom. The van der Waals surface area contributed by atoms with Gasteiger partial charge in [0.25, 0.3) is 5.22 Å². The van der Waals surface area contributed by atoms with Crippen LogP contribution in [0.25, 0.3) is 11.5 Å². The molecule has 0 unspecified atom stereocenters. The minimum absolute atomic E-state index is 0.0981. The third kappa shape index (κ3) is 4.05. The Hall–Kier alpha value is -2.81. The topological polar surface area (TPSA) is 68.0 Å². The fourth-order valence-corrected chi connectivity index (χ4v) is 2.70. The van der Waals surface area contributed by atoms with E-state index in [1.165, 1.54) is 37.3 Å². The predicted octanol–water partition coefficient (Wildman–Crippen LogP) is 4.27. The van der Waals surface area contributed by atoms with Crippen molar-refractivity contribution >= 4 is 23.4 Å². The Labute approximate surface area is 150 Å². The lowest BCUT2D eigenvalue weighted by atomic mass is 10.2. The molecule has 134 valence electrons. The van der Waals surface area contributed by atoms with Crippen LogP contribution in [-0.4, -0.2) is 21.4 Å². The van der Waals surface area contributed by atoms with Gasteiger partial charge in [0.15, 0.2) is 0 Å². The van der Waals surface area contributed by atoms with Gasteiger partial charge in [-0.05, 0) is 43.3 Å². The minimum Gasteiger partial charge on any atom is -0.411 e. The van der Waals surface area contributed by atoms with Crippen molar-refractivity contribution in [3.63, 3.8) is 0 Å². The number of halogens is 3. The van der Waals surface area contributed by atoms with Crippen LogP contribution in [-0.2, 0) is 4.79 Å². The molecule has 1 aromatic heterocycles. The Bertz CT molecular complexity index is 911. The molecule has 1 amide bonds. The maximum Gasteiger partial charge on any atom is 0.277 e. The van der Waals surface area contributed by atoms with E-state index < -0.39 is 34.3 Å². The standard InChI is InChI=1S/C17H12F3N3O2S/c1-9(15(24)21-14-12(19)3-2-4-13(14)20)26-17-23-22-16(25-17)10-5-7-11(18)8-6-10/h2-9H,1H3,(H,21,24)/t9-/m0/s1. The number of para-hydroxylation sites is 1. The van der Waals surface area contributed by atoms with E-state index in [9.17, 15) is 18.0 Å². The monoisotopic (exact) mass is 379 g/mol. The van der Waals surface area contributed by atoms with E-state index in [4.69, 9.17) is 4.42 Å². The number of hydrogen-bond acceptors (Lipinski definition) is 5. The largest absolute Gasteiger partial charge is 0.411 e. The molecule has 0 radical (unpaired) electrons. The highest BCUT2D eigenvalue weighted by atomic mass is 32.2. The van der Waals surface area contributed by atoms with Crippen LogP contribution >= 0.6 is 11.8 Å². The second-order valence-corrected chi connectivity index (χ2v) is 6.52. The van der Waals surface area contributed by atoms with Crippen LogP contribution in [0.3, 0.4) is 0 Å². The lowest BCUT2D eigenvalue weighted by molar-refractivity contribution is -0.115. The summed E-state index contributed by atoms with van der Waals surface area (Å²) in [4.78, 5) is 12.1. The molecule has 0 aliphatic carbocycles. The minimum atomic E-state index is -0.869. The number of nitrogens with zero attached hydrogens (tertiary/aromatic N) is 2. The van der Waals surface area contributed by atoms with E-state index in [1.54, 1.807) is 0 Å². The maximum absolute atomic E-state index is 13.6. The number of carbonyl (C=O) groups excluding carboxylic acids is 1. The fourth-order valence-electron chi connectivity index (χ4n) is 2.01. The molecule has 9 heteroatoms. The zero-order valence-electron chi connectivity index (χ0n) is 13.4. The molecule has 1 heterocycles. The molecule has 26 heavy (non-hydrogen) atoms. The van der Waals surface area contributed by atoms with E-state index in [1.807, 2.05) is 0 Å². The van der Waals surface area contributed by atoms with Gasteiger partial charge in [0.05, 0.1) is 5.25 Å². The van der Waals surface area contributed by atoms with E-state index in [0.29, 0.717) is 5.56 Å². The zero-order valence-corrected chi connectivity index (χ0v) is 14.2. The van der Waals surface area contributed by atoms with Gasteiger partial charge in [-0.2, -0.15) is 0 Å². The first-order valence-corrected chi connectivity index (χ1v) is 8.33. The highest BCUT2D eigenvalue weighted by Gasteiger charge is 2.21. The molecule has 1 N–H and O–H groups in total. The maximum atomic E-state index is 13.6.